The number of amides is 1. The first kappa shape index (κ1) is 12.2. The molecule has 0 radical (unpaired) electrons. The summed E-state index contributed by atoms with van der Waals surface area (Å²) >= 11 is 0. The second kappa shape index (κ2) is 5.03. The lowest BCUT2D eigenvalue weighted by molar-refractivity contribution is -0.00730. The summed E-state index contributed by atoms with van der Waals surface area (Å²) in [6, 6.07) is 0.179. The summed E-state index contributed by atoms with van der Waals surface area (Å²) in [7, 11) is 0. The zero-order chi connectivity index (χ0) is 13.2. The van der Waals surface area contributed by atoms with Gasteiger partial charge in [0, 0.05) is 37.3 Å². The normalized spacial score (nSPS) is 29.9. The number of ether oxygens (including phenoxy) is 1. The van der Waals surface area contributed by atoms with Gasteiger partial charge in [-0.15, -0.1) is 0 Å². The van der Waals surface area contributed by atoms with Crippen LogP contribution in [-0.4, -0.2) is 44.3 Å². The fourth-order valence-electron chi connectivity index (χ4n) is 3.26. The van der Waals surface area contributed by atoms with E-state index in [0.29, 0.717) is 5.88 Å². The first-order chi connectivity index (χ1) is 9.24. The van der Waals surface area contributed by atoms with Crippen molar-refractivity contribution in [1.82, 2.24) is 14.9 Å². The van der Waals surface area contributed by atoms with Gasteiger partial charge in [0.25, 0.3) is 0 Å². The standard InChI is InChI=1S/C13H17N3O3/c17-13(18)16-9-2-1-3-10(16)7-11(6-9)19-12-8-14-4-5-15-12/h4-5,8-11H,1-3,6-7H2,(H,17,18)/t9-,10-/m0/s1. The van der Waals surface area contributed by atoms with Crippen molar-refractivity contribution in [1.29, 1.82) is 0 Å². The van der Waals surface area contributed by atoms with Crippen molar-refractivity contribution in [2.45, 2.75) is 50.3 Å². The lowest BCUT2D eigenvalue weighted by atomic mass is 9.83. The third-order valence-corrected chi connectivity index (χ3v) is 3.98. The largest absolute Gasteiger partial charge is 0.473 e. The van der Waals surface area contributed by atoms with Crippen LogP contribution in [0.25, 0.3) is 0 Å². The number of piperidine rings is 2. The van der Waals surface area contributed by atoms with Crippen molar-refractivity contribution in [3.05, 3.63) is 18.6 Å². The average molecular weight is 263 g/mol. The van der Waals surface area contributed by atoms with E-state index in [0.717, 1.165) is 32.1 Å². The molecule has 2 fully saturated rings. The Morgan fingerprint density at radius 2 is 2.05 bits per heavy atom. The number of nitrogens with zero attached hydrogens (tertiary/aromatic N) is 3. The topological polar surface area (TPSA) is 75.5 Å². The molecule has 0 saturated carbocycles. The molecular weight excluding hydrogens is 246 g/mol. The first-order valence-corrected chi connectivity index (χ1v) is 6.68. The number of fused-ring (bicyclic) bond motifs is 2. The molecule has 3 heterocycles. The molecule has 6 nitrogen and oxygen atoms in total. The number of rotatable bonds is 2. The number of aromatic nitrogens is 2. The van der Waals surface area contributed by atoms with Crippen LogP contribution in [0.4, 0.5) is 4.79 Å². The van der Waals surface area contributed by atoms with E-state index >= 15 is 0 Å². The van der Waals surface area contributed by atoms with Gasteiger partial charge in [0.15, 0.2) is 0 Å². The molecule has 2 aliphatic rings. The van der Waals surface area contributed by atoms with Gasteiger partial charge in [0.1, 0.15) is 6.10 Å². The van der Waals surface area contributed by atoms with E-state index in [-0.39, 0.29) is 18.2 Å². The fraction of sp³-hybridized carbons (Fsp3) is 0.615. The summed E-state index contributed by atoms with van der Waals surface area (Å²) in [6.07, 6.45) is 8.52. The van der Waals surface area contributed by atoms with Crippen LogP contribution in [0.15, 0.2) is 18.6 Å². The second-order valence-corrected chi connectivity index (χ2v) is 5.18. The summed E-state index contributed by atoms with van der Waals surface area (Å²) in [6.45, 7) is 0. The van der Waals surface area contributed by atoms with Gasteiger partial charge in [-0.2, -0.15) is 0 Å². The molecule has 19 heavy (non-hydrogen) atoms. The zero-order valence-corrected chi connectivity index (χ0v) is 10.6. The molecular formula is C13H17N3O3. The maximum Gasteiger partial charge on any atom is 0.407 e. The van der Waals surface area contributed by atoms with E-state index in [1.807, 2.05) is 0 Å². The number of hydrogen-bond acceptors (Lipinski definition) is 4. The average Bonchev–Trinajstić information content (AvgIpc) is 2.38. The molecule has 1 N–H and O–H groups in total. The van der Waals surface area contributed by atoms with Gasteiger partial charge in [0.05, 0.1) is 6.20 Å². The molecule has 2 aliphatic heterocycles. The molecule has 0 unspecified atom stereocenters. The van der Waals surface area contributed by atoms with Crippen LogP contribution >= 0.6 is 0 Å². The van der Waals surface area contributed by atoms with Crippen LogP contribution in [-0.2, 0) is 0 Å². The van der Waals surface area contributed by atoms with Crippen LogP contribution < -0.4 is 4.74 Å². The smallest absolute Gasteiger partial charge is 0.407 e. The highest BCUT2D eigenvalue weighted by Crippen LogP contribution is 2.35. The molecule has 3 rings (SSSR count). The molecule has 0 spiro atoms. The van der Waals surface area contributed by atoms with Gasteiger partial charge >= 0.3 is 6.09 Å². The summed E-state index contributed by atoms with van der Waals surface area (Å²) < 4.78 is 5.83. The zero-order valence-electron chi connectivity index (χ0n) is 10.6. The Kier molecular flexibility index (Phi) is 3.23. The summed E-state index contributed by atoms with van der Waals surface area (Å²) in [5.74, 6) is 0.523. The minimum atomic E-state index is -0.798. The molecule has 2 bridgehead atoms. The number of carboxylic acid groups (broad SMARTS) is 1. The Labute approximate surface area is 111 Å². The van der Waals surface area contributed by atoms with Gasteiger partial charge in [-0.1, -0.05) is 0 Å². The van der Waals surface area contributed by atoms with E-state index < -0.39 is 6.09 Å². The van der Waals surface area contributed by atoms with Crippen LogP contribution in [0, 0.1) is 0 Å². The monoisotopic (exact) mass is 263 g/mol. The maximum atomic E-state index is 11.3. The van der Waals surface area contributed by atoms with Gasteiger partial charge in [-0.25, -0.2) is 9.78 Å². The quantitative estimate of drug-likeness (QED) is 0.882. The SMILES string of the molecule is O=C(O)N1[C@H]2CCC[C@H]1CC(Oc1cnccn1)C2. The van der Waals surface area contributed by atoms with E-state index in [9.17, 15) is 9.90 Å². The summed E-state index contributed by atoms with van der Waals surface area (Å²) in [4.78, 5) is 21.0. The van der Waals surface area contributed by atoms with Crippen molar-refractivity contribution in [3.63, 3.8) is 0 Å². The predicted octanol–water partition coefficient (Wildman–Crippen LogP) is 1.92. The lowest BCUT2D eigenvalue weighted by Gasteiger charge is -2.46. The van der Waals surface area contributed by atoms with Crippen molar-refractivity contribution in [2.75, 3.05) is 0 Å². The summed E-state index contributed by atoms with van der Waals surface area (Å²) in [5, 5.41) is 9.28. The molecule has 102 valence electrons. The number of hydrogen-bond donors (Lipinski definition) is 1. The Balaban J connectivity index is 1.69. The van der Waals surface area contributed by atoms with Gasteiger partial charge in [-0.3, -0.25) is 4.98 Å². The first-order valence-electron chi connectivity index (χ1n) is 6.68. The molecule has 0 aromatic carbocycles. The third kappa shape index (κ3) is 2.47. The van der Waals surface area contributed by atoms with E-state index in [1.165, 1.54) is 0 Å². The second-order valence-electron chi connectivity index (χ2n) is 5.18. The van der Waals surface area contributed by atoms with Crippen molar-refractivity contribution < 1.29 is 14.6 Å². The Bertz CT molecular complexity index is 440. The van der Waals surface area contributed by atoms with E-state index in [1.54, 1.807) is 23.5 Å². The van der Waals surface area contributed by atoms with Crippen LogP contribution in [0.2, 0.25) is 0 Å². The minimum absolute atomic E-state index is 0.0441. The highest BCUT2D eigenvalue weighted by Gasteiger charge is 2.41. The highest BCUT2D eigenvalue weighted by atomic mass is 16.5. The van der Waals surface area contributed by atoms with Crippen molar-refractivity contribution in [2.24, 2.45) is 0 Å². The fourth-order valence-corrected chi connectivity index (χ4v) is 3.26. The highest BCUT2D eigenvalue weighted by molar-refractivity contribution is 5.66. The third-order valence-electron chi connectivity index (χ3n) is 3.98. The number of carbonyl (C=O) groups is 1. The Morgan fingerprint density at radius 3 is 2.63 bits per heavy atom. The van der Waals surface area contributed by atoms with Gasteiger partial charge in [-0.05, 0) is 19.3 Å². The Morgan fingerprint density at radius 1 is 1.32 bits per heavy atom. The minimum Gasteiger partial charge on any atom is -0.473 e. The van der Waals surface area contributed by atoms with Gasteiger partial charge < -0.3 is 14.7 Å². The Hall–Kier alpha value is -1.85. The maximum absolute atomic E-state index is 11.3. The van der Waals surface area contributed by atoms with Crippen LogP contribution in [0.3, 0.4) is 0 Å². The van der Waals surface area contributed by atoms with Crippen molar-refractivity contribution >= 4 is 6.09 Å². The molecule has 2 atom stereocenters. The molecule has 1 aromatic heterocycles. The molecule has 1 amide bonds. The predicted molar refractivity (Wildman–Crippen MR) is 67.0 cm³/mol. The van der Waals surface area contributed by atoms with Crippen molar-refractivity contribution in [3.8, 4) is 5.88 Å². The lowest BCUT2D eigenvalue weighted by Crippen LogP contribution is -2.56. The molecule has 6 heteroatoms. The molecule has 0 aliphatic carbocycles. The molecule has 2 saturated heterocycles. The van der Waals surface area contributed by atoms with E-state index in [2.05, 4.69) is 9.97 Å². The summed E-state index contributed by atoms with van der Waals surface area (Å²) in [5.41, 5.74) is 0. The van der Waals surface area contributed by atoms with E-state index in [4.69, 9.17) is 4.74 Å². The van der Waals surface area contributed by atoms with Crippen LogP contribution in [0.1, 0.15) is 32.1 Å². The van der Waals surface area contributed by atoms with Crippen LogP contribution in [0.5, 0.6) is 5.88 Å². The molecule has 1 aromatic rings. The van der Waals surface area contributed by atoms with Gasteiger partial charge in [0.2, 0.25) is 5.88 Å².